The van der Waals surface area contributed by atoms with E-state index < -0.39 is 0 Å². The molecule has 66 valence electrons. The van der Waals surface area contributed by atoms with Crippen LogP contribution in [0.15, 0.2) is 15.0 Å². The summed E-state index contributed by atoms with van der Waals surface area (Å²) >= 11 is 6.88. The SMILES string of the molecule is Cc1c(Br)cc(Br)c(NN)c1C. The van der Waals surface area contributed by atoms with Gasteiger partial charge in [-0.25, -0.2) is 0 Å². The fourth-order valence-electron chi connectivity index (χ4n) is 1.01. The molecule has 0 heterocycles. The van der Waals surface area contributed by atoms with E-state index in [4.69, 9.17) is 5.84 Å². The molecule has 2 nitrogen and oxygen atoms in total. The number of hydrogen-bond donors (Lipinski definition) is 2. The van der Waals surface area contributed by atoms with Crippen LogP contribution in [0.25, 0.3) is 0 Å². The van der Waals surface area contributed by atoms with Crippen molar-refractivity contribution in [2.45, 2.75) is 13.8 Å². The molecule has 0 spiro atoms. The zero-order valence-electron chi connectivity index (χ0n) is 6.91. The third-order valence-corrected chi connectivity index (χ3v) is 3.38. The molecule has 0 fully saturated rings. The maximum atomic E-state index is 5.38. The molecule has 3 N–H and O–H groups in total. The average molecular weight is 294 g/mol. The van der Waals surface area contributed by atoms with Crippen molar-refractivity contribution in [3.63, 3.8) is 0 Å². The summed E-state index contributed by atoms with van der Waals surface area (Å²) in [6.45, 7) is 4.08. The third-order valence-electron chi connectivity index (χ3n) is 1.93. The van der Waals surface area contributed by atoms with Crippen molar-refractivity contribution in [1.29, 1.82) is 0 Å². The number of hydrazine groups is 1. The van der Waals surface area contributed by atoms with Gasteiger partial charge in [-0.3, -0.25) is 5.84 Å². The smallest absolute Gasteiger partial charge is 0.0660 e. The predicted molar refractivity (Wildman–Crippen MR) is 59.1 cm³/mol. The van der Waals surface area contributed by atoms with Crippen LogP contribution in [-0.2, 0) is 0 Å². The molecule has 0 unspecified atom stereocenters. The summed E-state index contributed by atoms with van der Waals surface area (Å²) in [6, 6.07) is 1.98. The van der Waals surface area contributed by atoms with Gasteiger partial charge in [0.25, 0.3) is 0 Å². The van der Waals surface area contributed by atoms with E-state index in [-0.39, 0.29) is 0 Å². The van der Waals surface area contributed by atoms with Crippen molar-refractivity contribution in [2.75, 3.05) is 5.43 Å². The number of rotatable bonds is 1. The molecule has 0 saturated carbocycles. The predicted octanol–water partition coefficient (Wildman–Crippen LogP) is 3.11. The average Bonchev–Trinajstić information content (AvgIpc) is 2.01. The summed E-state index contributed by atoms with van der Waals surface area (Å²) in [7, 11) is 0. The van der Waals surface area contributed by atoms with E-state index in [2.05, 4.69) is 37.3 Å². The number of halogens is 2. The van der Waals surface area contributed by atoms with Gasteiger partial charge >= 0.3 is 0 Å². The zero-order valence-corrected chi connectivity index (χ0v) is 10.1. The van der Waals surface area contributed by atoms with Gasteiger partial charge in [0.1, 0.15) is 0 Å². The molecule has 12 heavy (non-hydrogen) atoms. The number of anilines is 1. The van der Waals surface area contributed by atoms with Gasteiger partial charge in [0.05, 0.1) is 5.69 Å². The van der Waals surface area contributed by atoms with Crippen LogP contribution < -0.4 is 11.3 Å². The molecule has 1 aromatic carbocycles. The van der Waals surface area contributed by atoms with Crippen LogP contribution in [0.2, 0.25) is 0 Å². The lowest BCUT2D eigenvalue weighted by atomic mass is 10.1. The van der Waals surface area contributed by atoms with Crippen molar-refractivity contribution < 1.29 is 0 Å². The Morgan fingerprint density at radius 3 is 2.25 bits per heavy atom. The van der Waals surface area contributed by atoms with Gasteiger partial charge in [-0.1, -0.05) is 15.9 Å². The molecule has 0 amide bonds. The topological polar surface area (TPSA) is 38.0 Å². The lowest BCUT2D eigenvalue weighted by molar-refractivity contribution is 1.24. The Balaban J connectivity index is 3.40. The zero-order chi connectivity index (χ0) is 9.30. The normalized spacial score (nSPS) is 10.1. The van der Waals surface area contributed by atoms with Crippen LogP contribution in [-0.4, -0.2) is 0 Å². The first-order chi connectivity index (χ1) is 5.57. The summed E-state index contributed by atoms with van der Waals surface area (Å²) in [5.74, 6) is 5.38. The molecule has 0 aliphatic carbocycles. The molecule has 0 aliphatic rings. The molecule has 1 rings (SSSR count). The van der Waals surface area contributed by atoms with E-state index in [1.165, 1.54) is 5.56 Å². The minimum Gasteiger partial charge on any atom is -0.323 e. The van der Waals surface area contributed by atoms with Crippen LogP contribution in [0.3, 0.4) is 0 Å². The van der Waals surface area contributed by atoms with Crippen molar-refractivity contribution in [3.05, 3.63) is 26.1 Å². The molecular weight excluding hydrogens is 284 g/mol. The first-order valence-corrected chi connectivity index (χ1v) is 5.08. The Kier molecular flexibility index (Phi) is 3.15. The second-order valence-corrected chi connectivity index (χ2v) is 4.32. The van der Waals surface area contributed by atoms with Crippen molar-refractivity contribution in [3.8, 4) is 0 Å². The third kappa shape index (κ3) is 1.65. The van der Waals surface area contributed by atoms with Gasteiger partial charge in [-0.2, -0.15) is 0 Å². The van der Waals surface area contributed by atoms with Crippen LogP contribution in [0, 0.1) is 13.8 Å². The summed E-state index contributed by atoms with van der Waals surface area (Å²) in [4.78, 5) is 0. The molecule has 0 saturated heterocycles. The number of nitrogen functional groups attached to an aromatic ring is 1. The Morgan fingerprint density at radius 2 is 1.75 bits per heavy atom. The Bertz CT molecular complexity index is 310. The highest BCUT2D eigenvalue weighted by atomic mass is 79.9. The number of nitrogens with two attached hydrogens (primary N) is 1. The lowest BCUT2D eigenvalue weighted by Crippen LogP contribution is -2.09. The van der Waals surface area contributed by atoms with Gasteiger partial charge in [0.2, 0.25) is 0 Å². The summed E-state index contributed by atoms with van der Waals surface area (Å²) in [5, 5.41) is 0. The van der Waals surface area contributed by atoms with Gasteiger partial charge in [-0.05, 0) is 47.0 Å². The monoisotopic (exact) mass is 292 g/mol. The maximum Gasteiger partial charge on any atom is 0.0660 e. The molecular formula is C8H10Br2N2. The molecule has 1 aromatic rings. The molecule has 0 aromatic heterocycles. The minimum atomic E-state index is 0.940. The summed E-state index contributed by atoms with van der Waals surface area (Å²) < 4.78 is 2.06. The van der Waals surface area contributed by atoms with Gasteiger partial charge < -0.3 is 5.43 Å². The van der Waals surface area contributed by atoms with Gasteiger partial charge in [0, 0.05) is 8.95 Å². The highest BCUT2D eigenvalue weighted by molar-refractivity contribution is 9.11. The Morgan fingerprint density at radius 1 is 1.17 bits per heavy atom. The standard InChI is InChI=1S/C8H10Br2N2/c1-4-5(2)8(12-11)7(10)3-6(4)9/h3,12H,11H2,1-2H3. The number of nitrogens with one attached hydrogen (secondary N) is 1. The second-order valence-electron chi connectivity index (χ2n) is 2.61. The highest BCUT2D eigenvalue weighted by Crippen LogP contribution is 2.32. The van der Waals surface area contributed by atoms with Gasteiger partial charge in [0.15, 0.2) is 0 Å². The van der Waals surface area contributed by atoms with Crippen LogP contribution >= 0.6 is 31.9 Å². The van der Waals surface area contributed by atoms with Crippen LogP contribution in [0.1, 0.15) is 11.1 Å². The van der Waals surface area contributed by atoms with Gasteiger partial charge in [-0.15, -0.1) is 0 Å². The second kappa shape index (κ2) is 3.77. The summed E-state index contributed by atoms with van der Waals surface area (Å²) in [5.41, 5.74) is 5.96. The molecule has 0 radical (unpaired) electrons. The fraction of sp³-hybridized carbons (Fsp3) is 0.250. The van der Waals surface area contributed by atoms with Crippen molar-refractivity contribution >= 4 is 37.5 Å². The Labute approximate surface area is 88.8 Å². The Hall–Kier alpha value is -0.0600. The minimum absolute atomic E-state index is 0.940. The van der Waals surface area contributed by atoms with Crippen molar-refractivity contribution in [2.24, 2.45) is 5.84 Å². The van der Waals surface area contributed by atoms with E-state index in [0.29, 0.717) is 0 Å². The number of benzene rings is 1. The van der Waals surface area contributed by atoms with E-state index in [1.807, 2.05) is 19.9 Å². The van der Waals surface area contributed by atoms with Crippen LogP contribution in [0.5, 0.6) is 0 Å². The number of hydrogen-bond acceptors (Lipinski definition) is 2. The molecule has 4 heteroatoms. The van der Waals surface area contributed by atoms with Crippen molar-refractivity contribution in [1.82, 2.24) is 0 Å². The van der Waals surface area contributed by atoms with E-state index in [0.717, 1.165) is 20.2 Å². The molecule has 0 aliphatic heterocycles. The quantitative estimate of drug-likeness (QED) is 0.617. The molecule has 0 atom stereocenters. The lowest BCUT2D eigenvalue weighted by Gasteiger charge is -2.11. The first-order valence-electron chi connectivity index (χ1n) is 3.49. The first kappa shape index (κ1) is 10.0. The fourth-order valence-corrected chi connectivity index (χ4v) is 2.49. The van der Waals surface area contributed by atoms with Crippen LogP contribution in [0.4, 0.5) is 5.69 Å². The van der Waals surface area contributed by atoms with E-state index in [1.54, 1.807) is 0 Å². The highest BCUT2D eigenvalue weighted by Gasteiger charge is 2.07. The molecule has 0 bridgehead atoms. The van der Waals surface area contributed by atoms with E-state index >= 15 is 0 Å². The maximum absolute atomic E-state index is 5.38. The largest absolute Gasteiger partial charge is 0.323 e. The summed E-state index contributed by atoms with van der Waals surface area (Å²) in [6.07, 6.45) is 0. The van der Waals surface area contributed by atoms with E-state index in [9.17, 15) is 0 Å².